The van der Waals surface area contributed by atoms with Gasteiger partial charge < -0.3 is 10.1 Å². The summed E-state index contributed by atoms with van der Waals surface area (Å²) in [6.07, 6.45) is 0. The number of carbonyl (C=O) groups excluding carboxylic acids is 1. The van der Waals surface area contributed by atoms with Crippen LogP contribution in [0.25, 0.3) is 0 Å². The van der Waals surface area contributed by atoms with E-state index in [4.69, 9.17) is 10.00 Å². The Hall–Kier alpha value is -1.61. The van der Waals surface area contributed by atoms with E-state index in [1.807, 2.05) is 0 Å². The molecule has 0 aromatic heterocycles. The standard InChI is InChI=1S/C10H8BrFN2O2/c11-7-3-8(12)5-9(4-7)16-6-10(15)14-2-1-13/h3-5H,2,6H2,(H,14,15). The average molecular weight is 287 g/mol. The van der Waals surface area contributed by atoms with Crippen molar-refractivity contribution in [1.82, 2.24) is 5.32 Å². The molecular weight excluding hydrogens is 279 g/mol. The van der Waals surface area contributed by atoms with Gasteiger partial charge in [0.25, 0.3) is 5.91 Å². The minimum atomic E-state index is -0.457. The van der Waals surface area contributed by atoms with Crippen molar-refractivity contribution in [1.29, 1.82) is 5.26 Å². The van der Waals surface area contributed by atoms with Gasteiger partial charge >= 0.3 is 0 Å². The molecule has 0 aliphatic heterocycles. The molecule has 0 aliphatic carbocycles. The van der Waals surface area contributed by atoms with Crippen molar-refractivity contribution in [3.8, 4) is 11.8 Å². The lowest BCUT2D eigenvalue weighted by atomic mass is 10.3. The maximum absolute atomic E-state index is 12.9. The molecule has 16 heavy (non-hydrogen) atoms. The van der Waals surface area contributed by atoms with Crippen LogP contribution in [0.5, 0.6) is 5.75 Å². The molecule has 0 fully saturated rings. The lowest BCUT2D eigenvalue weighted by molar-refractivity contribution is -0.122. The highest BCUT2D eigenvalue weighted by Crippen LogP contribution is 2.20. The Morgan fingerprint density at radius 3 is 2.94 bits per heavy atom. The third kappa shape index (κ3) is 4.28. The molecule has 1 rings (SSSR count). The molecular formula is C10H8BrFN2O2. The fraction of sp³-hybridized carbons (Fsp3) is 0.200. The fourth-order valence-corrected chi connectivity index (χ4v) is 1.39. The number of amides is 1. The summed E-state index contributed by atoms with van der Waals surface area (Å²) in [5, 5.41) is 10.5. The van der Waals surface area contributed by atoms with Crippen LogP contribution < -0.4 is 10.1 Å². The van der Waals surface area contributed by atoms with Crippen LogP contribution >= 0.6 is 15.9 Å². The first-order chi connectivity index (χ1) is 7.61. The van der Waals surface area contributed by atoms with Crippen molar-refractivity contribution in [2.45, 2.75) is 0 Å². The third-order valence-corrected chi connectivity index (χ3v) is 2.03. The summed E-state index contributed by atoms with van der Waals surface area (Å²) in [5.41, 5.74) is 0. The topological polar surface area (TPSA) is 62.1 Å². The highest BCUT2D eigenvalue weighted by molar-refractivity contribution is 9.10. The van der Waals surface area contributed by atoms with Gasteiger partial charge in [-0.2, -0.15) is 5.26 Å². The maximum Gasteiger partial charge on any atom is 0.258 e. The molecule has 1 amide bonds. The SMILES string of the molecule is N#CCNC(=O)COc1cc(F)cc(Br)c1. The van der Waals surface area contributed by atoms with Gasteiger partial charge in [0.05, 0.1) is 6.07 Å². The highest BCUT2D eigenvalue weighted by Gasteiger charge is 2.04. The van der Waals surface area contributed by atoms with E-state index in [1.54, 1.807) is 12.1 Å². The number of hydrogen-bond donors (Lipinski definition) is 1. The first-order valence-corrected chi connectivity index (χ1v) is 5.13. The zero-order valence-electron chi connectivity index (χ0n) is 8.17. The summed E-state index contributed by atoms with van der Waals surface area (Å²) in [4.78, 5) is 11.1. The summed E-state index contributed by atoms with van der Waals surface area (Å²) in [6.45, 7) is -0.327. The normalized spacial score (nSPS) is 9.31. The van der Waals surface area contributed by atoms with E-state index >= 15 is 0 Å². The highest BCUT2D eigenvalue weighted by atomic mass is 79.9. The van der Waals surface area contributed by atoms with Crippen molar-refractivity contribution in [3.05, 3.63) is 28.5 Å². The number of hydrogen-bond acceptors (Lipinski definition) is 3. The summed E-state index contributed by atoms with van der Waals surface area (Å²) in [6, 6.07) is 5.75. The second-order valence-corrected chi connectivity index (χ2v) is 3.74. The number of nitrogens with one attached hydrogen (secondary N) is 1. The fourth-order valence-electron chi connectivity index (χ4n) is 0.950. The van der Waals surface area contributed by atoms with Crippen LogP contribution in [0.3, 0.4) is 0 Å². The summed E-state index contributed by atoms with van der Waals surface area (Å²) >= 11 is 3.10. The first-order valence-electron chi connectivity index (χ1n) is 4.34. The molecule has 84 valence electrons. The van der Waals surface area contributed by atoms with Gasteiger partial charge in [0.2, 0.25) is 0 Å². The number of rotatable bonds is 4. The smallest absolute Gasteiger partial charge is 0.258 e. The van der Waals surface area contributed by atoms with Gasteiger partial charge in [0.15, 0.2) is 6.61 Å². The quantitative estimate of drug-likeness (QED) is 0.856. The second-order valence-electron chi connectivity index (χ2n) is 2.83. The van der Waals surface area contributed by atoms with Crippen LogP contribution in [0.2, 0.25) is 0 Å². The van der Waals surface area contributed by atoms with Gasteiger partial charge in [-0.15, -0.1) is 0 Å². The summed E-state index contributed by atoms with van der Waals surface area (Å²) < 4.78 is 18.5. The Labute approximate surface area is 100 Å². The van der Waals surface area contributed by atoms with E-state index in [0.29, 0.717) is 4.47 Å². The average Bonchev–Trinajstić information content (AvgIpc) is 2.22. The molecule has 0 radical (unpaired) electrons. The van der Waals surface area contributed by atoms with Crippen LogP contribution in [-0.4, -0.2) is 19.1 Å². The molecule has 4 nitrogen and oxygen atoms in total. The van der Waals surface area contributed by atoms with Crippen molar-refractivity contribution in [3.63, 3.8) is 0 Å². The predicted octanol–water partition coefficient (Wildman–Crippen LogP) is 1.61. The van der Waals surface area contributed by atoms with Crippen molar-refractivity contribution < 1.29 is 13.9 Å². The van der Waals surface area contributed by atoms with Crippen LogP contribution in [0.4, 0.5) is 4.39 Å². The molecule has 0 atom stereocenters. The van der Waals surface area contributed by atoms with Gasteiger partial charge in [-0.1, -0.05) is 15.9 Å². The van der Waals surface area contributed by atoms with Gasteiger partial charge in [0, 0.05) is 10.5 Å². The summed E-state index contributed by atoms with van der Waals surface area (Å²) in [5.74, 6) is -0.636. The van der Waals surface area contributed by atoms with Crippen molar-refractivity contribution in [2.24, 2.45) is 0 Å². The first kappa shape index (κ1) is 12.5. The Bertz CT molecular complexity index is 411. The van der Waals surface area contributed by atoms with Crippen LogP contribution in [0.15, 0.2) is 22.7 Å². The zero-order chi connectivity index (χ0) is 12.0. The lowest BCUT2D eigenvalue weighted by Crippen LogP contribution is -2.29. The van der Waals surface area contributed by atoms with Crippen molar-refractivity contribution in [2.75, 3.05) is 13.2 Å². The monoisotopic (exact) mass is 286 g/mol. The number of benzene rings is 1. The van der Waals surface area contributed by atoms with E-state index in [9.17, 15) is 9.18 Å². The van der Waals surface area contributed by atoms with Gasteiger partial charge in [0.1, 0.15) is 18.1 Å². The minimum absolute atomic E-state index is 0.0744. The molecule has 0 saturated heterocycles. The van der Waals surface area contributed by atoms with Gasteiger partial charge in [-0.25, -0.2) is 4.39 Å². The maximum atomic E-state index is 12.9. The second kappa shape index (κ2) is 6.08. The Kier molecular flexibility index (Phi) is 4.73. The Morgan fingerprint density at radius 2 is 2.31 bits per heavy atom. The third-order valence-electron chi connectivity index (χ3n) is 1.57. The minimum Gasteiger partial charge on any atom is -0.484 e. The number of ether oxygens (including phenoxy) is 1. The van der Waals surface area contributed by atoms with Gasteiger partial charge in [-0.05, 0) is 12.1 Å². The van der Waals surface area contributed by atoms with E-state index < -0.39 is 11.7 Å². The molecule has 1 aromatic carbocycles. The van der Waals surface area contributed by atoms with Crippen LogP contribution in [0, 0.1) is 17.1 Å². The molecule has 1 aromatic rings. The number of carbonyl (C=O) groups is 1. The lowest BCUT2D eigenvalue weighted by Gasteiger charge is -2.06. The van der Waals surface area contributed by atoms with Crippen molar-refractivity contribution >= 4 is 21.8 Å². The number of nitrogens with zero attached hydrogens (tertiary/aromatic N) is 1. The Morgan fingerprint density at radius 1 is 1.56 bits per heavy atom. The van der Waals surface area contributed by atoms with E-state index in [0.717, 1.165) is 0 Å². The molecule has 0 heterocycles. The van der Waals surface area contributed by atoms with E-state index in [1.165, 1.54) is 12.1 Å². The molecule has 0 aliphatic rings. The summed E-state index contributed by atoms with van der Waals surface area (Å²) in [7, 11) is 0. The number of nitriles is 1. The largest absolute Gasteiger partial charge is 0.484 e. The molecule has 1 N–H and O–H groups in total. The predicted molar refractivity (Wildman–Crippen MR) is 58.2 cm³/mol. The molecule has 0 saturated carbocycles. The number of halogens is 2. The molecule has 0 unspecified atom stereocenters. The van der Waals surface area contributed by atoms with Gasteiger partial charge in [-0.3, -0.25) is 4.79 Å². The van der Waals surface area contributed by atoms with Crippen LogP contribution in [0.1, 0.15) is 0 Å². The zero-order valence-corrected chi connectivity index (χ0v) is 9.75. The molecule has 6 heteroatoms. The van der Waals surface area contributed by atoms with E-state index in [-0.39, 0.29) is 18.9 Å². The Balaban J connectivity index is 2.48. The van der Waals surface area contributed by atoms with E-state index in [2.05, 4.69) is 21.2 Å². The molecule has 0 bridgehead atoms. The van der Waals surface area contributed by atoms with Crippen LogP contribution in [-0.2, 0) is 4.79 Å². The molecule has 0 spiro atoms.